The Balaban J connectivity index is 1.51. The molecule has 1 aliphatic carbocycles. The number of methoxy groups -OCH3 is 1. The number of ether oxygens (including phenoxy) is 2. The molecular formula is C22H21BrN2O2S. The first kappa shape index (κ1) is 19.2. The number of benzene rings is 2. The molecule has 4 nitrogen and oxygen atoms in total. The van der Waals surface area contributed by atoms with Crippen molar-refractivity contribution in [3.63, 3.8) is 0 Å². The lowest BCUT2D eigenvalue weighted by atomic mass is 10.1. The molecule has 0 aliphatic heterocycles. The lowest BCUT2D eigenvalue weighted by Gasteiger charge is -2.08. The summed E-state index contributed by atoms with van der Waals surface area (Å²) in [5, 5.41) is 0.765. The minimum Gasteiger partial charge on any atom is -0.496 e. The molecule has 0 unspecified atom stereocenters. The number of aromatic nitrogens is 1. The molecule has 4 rings (SSSR count). The molecule has 144 valence electrons. The van der Waals surface area contributed by atoms with Crippen molar-refractivity contribution in [2.24, 2.45) is 4.99 Å². The summed E-state index contributed by atoms with van der Waals surface area (Å²) in [6, 6.07) is 12.0. The Kier molecular flexibility index (Phi) is 5.78. The van der Waals surface area contributed by atoms with Crippen LogP contribution >= 0.6 is 27.3 Å². The monoisotopic (exact) mass is 456 g/mol. The van der Waals surface area contributed by atoms with Gasteiger partial charge >= 0.3 is 0 Å². The van der Waals surface area contributed by atoms with Crippen molar-refractivity contribution in [3.05, 3.63) is 56.9 Å². The van der Waals surface area contributed by atoms with Crippen LogP contribution in [0.15, 0.2) is 45.9 Å². The summed E-state index contributed by atoms with van der Waals surface area (Å²) in [7, 11) is 1.70. The number of hydrogen-bond donors (Lipinski definition) is 0. The van der Waals surface area contributed by atoms with E-state index in [-0.39, 0.29) is 0 Å². The summed E-state index contributed by atoms with van der Waals surface area (Å²) in [4.78, 5) is 10.6. The molecule has 0 N–H and O–H groups in total. The summed E-state index contributed by atoms with van der Waals surface area (Å²) < 4.78 is 12.3. The van der Waals surface area contributed by atoms with Crippen molar-refractivity contribution < 1.29 is 9.47 Å². The van der Waals surface area contributed by atoms with E-state index >= 15 is 0 Å². The van der Waals surface area contributed by atoms with Crippen LogP contribution < -0.4 is 9.47 Å². The zero-order valence-corrected chi connectivity index (χ0v) is 18.3. The fraction of sp³-hybridized carbons (Fsp3) is 0.273. The van der Waals surface area contributed by atoms with Crippen molar-refractivity contribution in [2.75, 3.05) is 13.7 Å². The summed E-state index contributed by atoms with van der Waals surface area (Å²) in [5.41, 5.74) is 4.34. The Labute approximate surface area is 177 Å². The van der Waals surface area contributed by atoms with Crippen molar-refractivity contribution in [2.45, 2.75) is 26.2 Å². The fourth-order valence-corrected chi connectivity index (χ4v) is 4.58. The van der Waals surface area contributed by atoms with Gasteiger partial charge in [0.1, 0.15) is 11.5 Å². The summed E-state index contributed by atoms with van der Waals surface area (Å²) in [6.45, 7) is 2.92. The molecular weight excluding hydrogens is 436 g/mol. The van der Waals surface area contributed by atoms with E-state index in [1.54, 1.807) is 18.4 Å². The topological polar surface area (TPSA) is 43.7 Å². The van der Waals surface area contributed by atoms with Gasteiger partial charge in [-0.25, -0.2) is 9.98 Å². The molecule has 2 aromatic carbocycles. The Morgan fingerprint density at radius 1 is 1.21 bits per heavy atom. The van der Waals surface area contributed by atoms with Crippen LogP contribution in [0, 0.1) is 0 Å². The van der Waals surface area contributed by atoms with E-state index in [0.717, 1.165) is 63.8 Å². The molecule has 0 bridgehead atoms. The maximum absolute atomic E-state index is 5.70. The highest BCUT2D eigenvalue weighted by Crippen LogP contribution is 2.48. The highest BCUT2D eigenvalue weighted by atomic mass is 79.9. The SMILES string of the molecule is CCCCOc1ccc(C=Nc2nc3c(s2)Cc2c(Br)ccc(OC)c2-3)cc1. The van der Waals surface area contributed by atoms with Crippen molar-refractivity contribution >= 4 is 38.6 Å². The third kappa shape index (κ3) is 3.84. The Morgan fingerprint density at radius 2 is 2.04 bits per heavy atom. The maximum Gasteiger partial charge on any atom is 0.209 e. The largest absolute Gasteiger partial charge is 0.496 e. The normalized spacial score (nSPS) is 12.2. The molecule has 0 radical (unpaired) electrons. The standard InChI is InChI=1S/C22H21BrN2O2S/c1-3-4-11-27-15-7-5-14(6-8-15)13-24-22-25-21-19(28-22)12-16-17(23)9-10-18(26-2)20(16)21/h5-10,13H,3-4,11-12H2,1-2H3. The molecule has 0 fully saturated rings. The number of halogens is 1. The van der Waals surface area contributed by atoms with Gasteiger partial charge in [0.05, 0.1) is 19.4 Å². The number of nitrogens with zero attached hydrogens (tertiary/aromatic N) is 2. The lowest BCUT2D eigenvalue weighted by molar-refractivity contribution is 0.309. The van der Waals surface area contributed by atoms with Gasteiger partial charge in [-0.2, -0.15) is 0 Å². The molecule has 1 heterocycles. The molecule has 1 aliphatic rings. The highest BCUT2D eigenvalue weighted by Gasteiger charge is 2.28. The molecule has 28 heavy (non-hydrogen) atoms. The van der Waals surface area contributed by atoms with Crippen LogP contribution in [0.5, 0.6) is 11.5 Å². The van der Waals surface area contributed by atoms with E-state index in [2.05, 4.69) is 27.8 Å². The molecule has 6 heteroatoms. The van der Waals surface area contributed by atoms with Crippen molar-refractivity contribution in [1.82, 2.24) is 4.98 Å². The summed E-state index contributed by atoms with van der Waals surface area (Å²) in [6.07, 6.45) is 4.92. The van der Waals surface area contributed by atoms with Gasteiger partial charge in [-0.1, -0.05) is 40.6 Å². The zero-order chi connectivity index (χ0) is 19.5. The number of aliphatic imine (C=N–C) groups is 1. The molecule has 3 aromatic rings. The van der Waals surface area contributed by atoms with Gasteiger partial charge in [0.15, 0.2) is 0 Å². The van der Waals surface area contributed by atoms with Crippen molar-refractivity contribution in [3.8, 4) is 22.8 Å². The molecule has 0 atom stereocenters. The van der Waals surface area contributed by atoms with Crippen molar-refractivity contribution in [1.29, 1.82) is 0 Å². The second-order valence-electron chi connectivity index (χ2n) is 6.58. The number of hydrogen-bond acceptors (Lipinski definition) is 5. The Morgan fingerprint density at radius 3 is 2.79 bits per heavy atom. The Bertz CT molecular complexity index is 1010. The van der Waals surface area contributed by atoms with Crippen LogP contribution in [0.1, 0.15) is 35.8 Å². The minimum atomic E-state index is 0.760. The third-order valence-corrected chi connectivity index (χ3v) is 6.37. The van der Waals surface area contributed by atoms with Gasteiger partial charge in [0.25, 0.3) is 0 Å². The first-order valence-electron chi connectivity index (χ1n) is 9.32. The van der Waals surface area contributed by atoms with Crippen LogP contribution in [0.3, 0.4) is 0 Å². The number of fused-ring (bicyclic) bond motifs is 3. The lowest BCUT2D eigenvalue weighted by Crippen LogP contribution is -1.96. The third-order valence-electron chi connectivity index (χ3n) is 4.67. The van der Waals surface area contributed by atoms with E-state index < -0.39 is 0 Å². The second kappa shape index (κ2) is 8.45. The molecule has 0 saturated heterocycles. The van der Waals surface area contributed by atoms with Gasteiger partial charge in [0.2, 0.25) is 5.13 Å². The van der Waals surface area contributed by atoms with Gasteiger partial charge in [-0.15, -0.1) is 0 Å². The zero-order valence-electron chi connectivity index (χ0n) is 15.9. The first-order chi connectivity index (χ1) is 13.7. The van der Waals surface area contributed by atoms with Crippen LogP contribution in [-0.4, -0.2) is 24.9 Å². The minimum absolute atomic E-state index is 0.760. The predicted molar refractivity (Wildman–Crippen MR) is 119 cm³/mol. The average Bonchev–Trinajstić information content (AvgIpc) is 3.26. The van der Waals surface area contributed by atoms with E-state index in [1.807, 2.05) is 42.6 Å². The number of rotatable bonds is 7. The first-order valence-corrected chi connectivity index (χ1v) is 10.9. The number of unbranched alkanes of at least 4 members (excludes halogenated alkanes) is 1. The van der Waals surface area contributed by atoms with Gasteiger partial charge < -0.3 is 9.47 Å². The maximum atomic E-state index is 5.70. The van der Waals surface area contributed by atoms with E-state index in [1.165, 1.54) is 10.4 Å². The van der Waals surface area contributed by atoms with Gasteiger partial charge in [-0.05, 0) is 53.9 Å². The van der Waals surface area contributed by atoms with Gasteiger partial charge in [0, 0.05) is 27.5 Å². The molecule has 0 amide bonds. The van der Waals surface area contributed by atoms with Crippen LogP contribution in [0.4, 0.5) is 5.13 Å². The van der Waals surface area contributed by atoms with Crippen LogP contribution in [-0.2, 0) is 6.42 Å². The van der Waals surface area contributed by atoms with E-state index in [4.69, 9.17) is 14.5 Å². The molecule has 1 aromatic heterocycles. The summed E-state index contributed by atoms with van der Waals surface area (Å²) in [5.74, 6) is 1.75. The Hall–Kier alpha value is -2.18. The fourth-order valence-electron chi connectivity index (χ4n) is 3.19. The summed E-state index contributed by atoms with van der Waals surface area (Å²) >= 11 is 5.27. The average molecular weight is 457 g/mol. The van der Waals surface area contributed by atoms with Crippen LogP contribution in [0.25, 0.3) is 11.3 Å². The van der Waals surface area contributed by atoms with Gasteiger partial charge in [-0.3, -0.25) is 0 Å². The van der Waals surface area contributed by atoms with E-state index in [0.29, 0.717) is 0 Å². The van der Waals surface area contributed by atoms with E-state index in [9.17, 15) is 0 Å². The highest BCUT2D eigenvalue weighted by molar-refractivity contribution is 9.10. The second-order valence-corrected chi connectivity index (χ2v) is 8.49. The quantitative estimate of drug-likeness (QED) is 0.238. The number of thiazole rings is 1. The molecule has 0 spiro atoms. The predicted octanol–water partition coefficient (Wildman–Crippen LogP) is 6.41. The smallest absolute Gasteiger partial charge is 0.209 e. The van der Waals surface area contributed by atoms with Crippen LogP contribution in [0.2, 0.25) is 0 Å². The molecule has 0 saturated carbocycles.